The lowest BCUT2D eigenvalue weighted by atomic mass is 10.1. The molecule has 2 N–H and O–H groups in total. The van der Waals surface area contributed by atoms with Gasteiger partial charge in [-0.1, -0.05) is 6.07 Å². The molecule has 1 saturated heterocycles. The molecule has 2 aromatic rings. The Balaban J connectivity index is 0.00000132. The smallest absolute Gasteiger partial charge is 0.226 e. The predicted molar refractivity (Wildman–Crippen MR) is 97.6 cm³/mol. The Morgan fingerprint density at radius 2 is 2.09 bits per heavy atom. The quantitative estimate of drug-likeness (QED) is 0.862. The van der Waals surface area contributed by atoms with Gasteiger partial charge in [-0.15, -0.1) is 36.2 Å². The van der Waals surface area contributed by atoms with E-state index >= 15 is 0 Å². The van der Waals surface area contributed by atoms with Crippen LogP contribution in [0.4, 0.5) is 0 Å². The number of aromatic nitrogens is 2. The van der Waals surface area contributed by atoms with E-state index in [9.17, 15) is 4.79 Å². The number of rotatable bonds is 4. The van der Waals surface area contributed by atoms with Gasteiger partial charge in [-0.2, -0.15) is 0 Å². The van der Waals surface area contributed by atoms with Gasteiger partial charge in [0.2, 0.25) is 5.91 Å². The van der Waals surface area contributed by atoms with Gasteiger partial charge >= 0.3 is 0 Å². The fraction of sp³-hybridized carbons (Fsp3) is 0.400. The van der Waals surface area contributed by atoms with Gasteiger partial charge < -0.3 is 10.6 Å². The maximum Gasteiger partial charge on any atom is 0.226 e. The second-order valence-electron chi connectivity index (χ2n) is 5.13. The molecule has 3 rings (SSSR count). The van der Waals surface area contributed by atoms with Gasteiger partial charge in [0.1, 0.15) is 5.01 Å². The number of pyridine rings is 1. The Morgan fingerprint density at radius 1 is 1.30 bits per heavy atom. The van der Waals surface area contributed by atoms with E-state index in [1.807, 2.05) is 23.6 Å². The number of carbonyl (C=O) groups excluding carboxylic acids is 1. The van der Waals surface area contributed by atoms with Crippen LogP contribution in [-0.4, -0.2) is 35.0 Å². The van der Waals surface area contributed by atoms with Crippen molar-refractivity contribution in [3.05, 3.63) is 35.5 Å². The van der Waals surface area contributed by atoms with E-state index in [0.29, 0.717) is 12.5 Å². The standard InChI is InChI=1S/C15H18N4OS.2ClH/c20-14(18-11-4-7-16-8-5-11)9-12-10-21-15(19-12)13-3-1-2-6-17-13;;/h1-3,6,10-11,16H,4-5,7-9H2,(H,18,20);2*1H. The van der Waals surface area contributed by atoms with Crippen LogP contribution in [0.2, 0.25) is 0 Å². The van der Waals surface area contributed by atoms with Crippen LogP contribution in [-0.2, 0) is 11.2 Å². The second-order valence-corrected chi connectivity index (χ2v) is 5.99. The van der Waals surface area contributed by atoms with Crippen molar-refractivity contribution in [1.29, 1.82) is 0 Å². The maximum absolute atomic E-state index is 12.0. The normalized spacial score (nSPS) is 14.4. The van der Waals surface area contributed by atoms with Gasteiger partial charge in [-0.3, -0.25) is 9.78 Å². The van der Waals surface area contributed by atoms with Gasteiger partial charge in [0.25, 0.3) is 0 Å². The first-order chi connectivity index (χ1) is 10.3. The number of thiazole rings is 1. The van der Waals surface area contributed by atoms with E-state index in [1.54, 1.807) is 6.20 Å². The highest BCUT2D eigenvalue weighted by atomic mass is 35.5. The van der Waals surface area contributed by atoms with Crippen LogP contribution < -0.4 is 10.6 Å². The minimum atomic E-state index is 0. The summed E-state index contributed by atoms with van der Waals surface area (Å²) in [5.41, 5.74) is 1.67. The molecule has 0 atom stereocenters. The number of carbonyl (C=O) groups is 1. The monoisotopic (exact) mass is 374 g/mol. The van der Waals surface area contributed by atoms with Crippen LogP contribution in [0.25, 0.3) is 10.7 Å². The molecule has 1 fully saturated rings. The van der Waals surface area contributed by atoms with Crippen LogP contribution in [0.5, 0.6) is 0 Å². The zero-order chi connectivity index (χ0) is 14.5. The molecule has 0 bridgehead atoms. The second kappa shape index (κ2) is 9.82. The van der Waals surface area contributed by atoms with E-state index in [-0.39, 0.29) is 30.7 Å². The molecule has 2 aromatic heterocycles. The molecule has 5 nitrogen and oxygen atoms in total. The molecule has 0 unspecified atom stereocenters. The SMILES string of the molecule is Cl.Cl.O=C(Cc1csc(-c2ccccn2)n1)NC1CCNCC1. The number of nitrogens with one attached hydrogen (secondary N) is 2. The van der Waals surface area contributed by atoms with Crippen LogP contribution in [0.15, 0.2) is 29.8 Å². The summed E-state index contributed by atoms with van der Waals surface area (Å²) in [7, 11) is 0. The molecule has 126 valence electrons. The summed E-state index contributed by atoms with van der Waals surface area (Å²) in [4.78, 5) is 20.8. The van der Waals surface area contributed by atoms with Gasteiger partial charge in [0.15, 0.2) is 0 Å². The Hall–Kier alpha value is -1.21. The lowest BCUT2D eigenvalue weighted by molar-refractivity contribution is -0.121. The van der Waals surface area contributed by atoms with Crippen LogP contribution >= 0.6 is 36.2 Å². The predicted octanol–water partition coefficient (Wildman–Crippen LogP) is 2.46. The van der Waals surface area contributed by atoms with E-state index in [0.717, 1.165) is 42.3 Å². The molecule has 0 aliphatic carbocycles. The number of nitrogens with zero attached hydrogens (tertiary/aromatic N) is 2. The van der Waals surface area contributed by atoms with Crippen molar-refractivity contribution >= 4 is 42.1 Å². The zero-order valence-corrected chi connectivity index (χ0v) is 15.0. The average Bonchev–Trinajstić information content (AvgIpc) is 2.97. The van der Waals surface area contributed by atoms with Crippen LogP contribution in [0.3, 0.4) is 0 Å². The summed E-state index contributed by atoms with van der Waals surface area (Å²) in [6, 6.07) is 6.04. The average molecular weight is 375 g/mol. The number of hydrogen-bond donors (Lipinski definition) is 2. The van der Waals surface area contributed by atoms with Crippen molar-refractivity contribution in [2.24, 2.45) is 0 Å². The fourth-order valence-corrected chi connectivity index (χ4v) is 3.20. The number of amides is 1. The molecular weight excluding hydrogens is 355 g/mol. The lowest BCUT2D eigenvalue weighted by Gasteiger charge is -2.23. The summed E-state index contributed by atoms with van der Waals surface area (Å²) >= 11 is 1.53. The van der Waals surface area contributed by atoms with Gasteiger partial charge in [0.05, 0.1) is 17.8 Å². The highest BCUT2D eigenvalue weighted by Gasteiger charge is 2.16. The summed E-state index contributed by atoms with van der Waals surface area (Å²) in [6.45, 7) is 1.96. The van der Waals surface area contributed by atoms with E-state index < -0.39 is 0 Å². The van der Waals surface area contributed by atoms with Crippen LogP contribution in [0, 0.1) is 0 Å². The van der Waals surface area contributed by atoms with Crippen LogP contribution in [0.1, 0.15) is 18.5 Å². The Kier molecular flexibility index (Phi) is 8.47. The summed E-state index contributed by atoms with van der Waals surface area (Å²) in [5, 5.41) is 9.17. The molecule has 0 radical (unpaired) electrons. The molecule has 1 aliphatic heterocycles. The summed E-state index contributed by atoms with van der Waals surface area (Å²) in [6.07, 6.45) is 4.09. The Morgan fingerprint density at radius 3 is 2.78 bits per heavy atom. The number of halogens is 2. The van der Waals surface area contributed by atoms with Gasteiger partial charge in [0, 0.05) is 17.6 Å². The fourth-order valence-electron chi connectivity index (χ4n) is 2.40. The van der Waals surface area contributed by atoms with Crippen molar-refractivity contribution < 1.29 is 4.79 Å². The van der Waals surface area contributed by atoms with Gasteiger partial charge in [-0.25, -0.2) is 4.98 Å². The Labute approximate surface area is 152 Å². The van der Waals surface area contributed by atoms with Crippen molar-refractivity contribution in [2.75, 3.05) is 13.1 Å². The van der Waals surface area contributed by atoms with E-state index in [2.05, 4.69) is 20.6 Å². The number of hydrogen-bond acceptors (Lipinski definition) is 5. The first-order valence-electron chi connectivity index (χ1n) is 7.17. The molecule has 3 heterocycles. The van der Waals surface area contributed by atoms with Crippen molar-refractivity contribution in [3.63, 3.8) is 0 Å². The molecule has 23 heavy (non-hydrogen) atoms. The first kappa shape index (κ1) is 19.8. The Bertz CT molecular complexity index is 603. The van der Waals surface area contributed by atoms with Crippen molar-refractivity contribution in [2.45, 2.75) is 25.3 Å². The minimum Gasteiger partial charge on any atom is -0.353 e. The van der Waals surface area contributed by atoms with E-state index in [4.69, 9.17) is 0 Å². The molecule has 1 amide bonds. The third-order valence-electron chi connectivity index (χ3n) is 3.48. The topological polar surface area (TPSA) is 66.9 Å². The molecule has 0 saturated carbocycles. The molecule has 8 heteroatoms. The largest absolute Gasteiger partial charge is 0.353 e. The van der Waals surface area contributed by atoms with Gasteiger partial charge in [-0.05, 0) is 38.1 Å². The highest BCUT2D eigenvalue weighted by molar-refractivity contribution is 7.13. The maximum atomic E-state index is 12.0. The van der Waals surface area contributed by atoms with E-state index in [1.165, 1.54) is 11.3 Å². The number of piperidine rings is 1. The summed E-state index contributed by atoms with van der Waals surface area (Å²) < 4.78 is 0. The third-order valence-corrected chi connectivity index (χ3v) is 4.40. The summed E-state index contributed by atoms with van der Waals surface area (Å²) in [5.74, 6) is 0.0553. The molecule has 0 aromatic carbocycles. The lowest BCUT2D eigenvalue weighted by Crippen LogP contribution is -2.43. The highest BCUT2D eigenvalue weighted by Crippen LogP contribution is 2.21. The first-order valence-corrected chi connectivity index (χ1v) is 8.05. The van der Waals surface area contributed by atoms with Crippen molar-refractivity contribution in [1.82, 2.24) is 20.6 Å². The molecule has 0 spiro atoms. The molecule has 1 aliphatic rings. The minimum absolute atomic E-state index is 0. The molecular formula is C15H20Cl2N4OS. The van der Waals surface area contributed by atoms with Crippen molar-refractivity contribution in [3.8, 4) is 10.7 Å². The third kappa shape index (κ3) is 5.73. The zero-order valence-electron chi connectivity index (χ0n) is 12.5.